The van der Waals surface area contributed by atoms with Crippen molar-refractivity contribution >= 4 is 16.7 Å². The Kier molecular flexibility index (Phi) is 2.66. The van der Waals surface area contributed by atoms with E-state index >= 15 is 0 Å². The Balaban J connectivity index is 3.00. The van der Waals surface area contributed by atoms with Crippen LogP contribution in [-0.4, -0.2) is 12.4 Å². The molecule has 3 N–H and O–H groups in total. The minimum atomic E-state index is -2.76. The first kappa shape index (κ1) is 9.01. The van der Waals surface area contributed by atoms with E-state index in [4.69, 9.17) is 5.73 Å². The normalized spacial score (nSPS) is 10.8. The number of rotatable bonds is 3. The van der Waals surface area contributed by atoms with Gasteiger partial charge in [0.15, 0.2) is 0 Å². The van der Waals surface area contributed by atoms with Crippen molar-refractivity contribution in [3.05, 3.63) is 17.8 Å². The average Bonchev–Trinajstić information content (AvgIpc) is 2.32. The maximum atomic E-state index is 11.6. The van der Waals surface area contributed by atoms with E-state index in [2.05, 4.69) is 0 Å². The van der Waals surface area contributed by atoms with Crippen LogP contribution in [0.4, 0.5) is 10.3 Å². The number of anilines is 1. The molecule has 0 aliphatic carbocycles. The van der Waals surface area contributed by atoms with Crippen LogP contribution in [0.15, 0.2) is 12.3 Å². The predicted octanol–water partition coefficient (Wildman–Crippen LogP) is -0.581. The van der Waals surface area contributed by atoms with E-state index in [1.807, 2.05) is 0 Å². The third-order valence-corrected chi connectivity index (χ3v) is 2.03. The Morgan fingerprint density at radius 3 is 2.75 bits per heavy atom. The summed E-state index contributed by atoms with van der Waals surface area (Å²) < 4.78 is 33.3. The zero-order chi connectivity index (χ0) is 9.14. The van der Waals surface area contributed by atoms with E-state index in [0.29, 0.717) is 5.56 Å². The smallest absolute Gasteiger partial charge is 0.230 e. The van der Waals surface area contributed by atoms with Crippen LogP contribution in [0, 0.1) is 0 Å². The van der Waals surface area contributed by atoms with Gasteiger partial charge in [-0.05, 0) is 11.6 Å². The quantitative estimate of drug-likeness (QED) is 0.443. The van der Waals surface area contributed by atoms with Crippen molar-refractivity contribution in [3.63, 3.8) is 0 Å². The fourth-order valence-corrected chi connectivity index (χ4v) is 1.33. The van der Waals surface area contributed by atoms with Gasteiger partial charge in [-0.15, -0.1) is 4.48 Å². The lowest BCUT2D eigenvalue weighted by molar-refractivity contribution is 0.330. The van der Waals surface area contributed by atoms with Crippen molar-refractivity contribution in [1.29, 1.82) is 0 Å². The van der Waals surface area contributed by atoms with E-state index in [1.165, 1.54) is 17.8 Å². The van der Waals surface area contributed by atoms with E-state index in [9.17, 15) is 12.9 Å². The van der Waals surface area contributed by atoms with Gasteiger partial charge in [-0.3, -0.25) is 0 Å². The maximum absolute atomic E-state index is 11.6. The summed E-state index contributed by atoms with van der Waals surface area (Å²) >= 11 is 0. The molecule has 0 amide bonds. The fraction of sp³-hybridized carbons (Fsp3) is 0.200. The Morgan fingerprint density at radius 1 is 1.67 bits per heavy atom. The van der Waals surface area contributed by atoms with Gasteiger partial charge in [-0.2, -0.15) is 5.54 Å². The molecule has 0 spiro atoms. The Bertz CT molecular complexity index is 338. The van der Waals surface area contributed by atoms with Gasteiger partial charge in [0, 0.05) is 6.20 Å². The van der Waals surface area contributed by atoms with Gasteiger partial charge in [0.1, 0.15) is 5.82 Å². The molecule has 0 fully saturated rings. The van der Waals surface area contributed by atoms with Gasteiger partial charge in [-0.25, -0.2) is 12.4 Å². The van der Waals surface area contributed by atoms with E-state index < -0.39 is 10.9 Å². The minimum absolute atomic E-state index is 0.0552. The van der Waals surface area contributed by atoms with Crippen LogP contribution in [0.3, 0.4) is 0 Å². The molecule has 0 aliphatic rings. The summed E-state index contributed by atoms with van der Waals surface area (Å²) in [6.07, 6.45) is 1.26. The van der Waals surface area contributed by atoms with E-state index in [1.54, 1.807) is 0 Å². The zero-order valence-electron chi connectivity index (χ0n) is 6.03. The first-order chi connectivity index (χ1) is 5.65. The summed E-state index contributed by atoms with van der Waals surface area (Å²) in [4.78, 5) is 0. The first-order valence-electron chi connectivity index (χ1n) is 3.10. The van der Waals surface area contributed by atoms with E-state index in [-0.39, 0.29) is 12.4 Å². The molecular formula is C5H8FN3O2S. The molecule has 1 rings (SSSR count). The Hall–Kier alpha value is -1.08. The number of nitrogens with zero attached hydrogens (tertiary/aromatic N) is 1. The molecule has 0 bridgehead atoms. The van der Waals surface area contributed by atoms with Crippen LogP contribution in [0.1, 0.15) is 5.56 Å². The second-order valence-corrected chi connectivity index (χ2v) is 3.07. The van der Waals surface area contributed by atoms with Crippen molar-refractivity contribution in [3.8, 4) is 0 Å². The lowest BCUT2D eigenvalue weighted by Crippen LogP contribution is -1.99. The van der Waals surface area contributed by atoms with Crippen molar-refractivity contribution in [2.24, 2.45) is 0 Å². The number of hydrogen-bond donors (Lipinski definition) is 3. The van der Waals surface area contributed by atoms with Gasteiger partial charge >= 0.3 is 0 Å². The van der Waals surface area contributed by atoms with Gasteiger partial charge < -0.3 is 5.73 Å². The number of halogens is 1. The van der Waals surface area contributed by atoms with Gasteiger partial charge in [0.05, 0.1) is 6.54 Å². The highest BCUT2D eigenvalue weighted by atomic mass is 32.2. The van der Waals surface area contributed by atoms with Crippen LogP contribution in [0.2, 0.25) is 0 Å². The molecular weight excluding hydrogens is 185 g/mol. The van der Waals surface area contributed by atoms with Crippen LogP contribution in [-0.2, 0) is 17.4 Å². The summed E-state index contributed by atoms with van der Waals surface area (Å²) in [7, 11) is -2.76. The lowest BCUT2D eigenvalue weighted by Gasteiger charge is -1.90. The second-order valence-electron chi connectivity index (χ2n) is 2.17. The first-order valence-corrected chi connectivity index (χ1v) is 4.23. The number of nitrogen functional groups attached to an aromatic ring is 1. The molecule has 1 aromatic rings. The van der Waals surface area contributed by atoms with Gasteiger partial charge in [-0.1, -0.05) is 0 Å². The number of aromatic nitrogens is 1. The largest absolute Gasteiger partial charge is 0.384 e. The summed E-state index contributed by atoms with van der Waals surface area (Å²) in [6.45, 7) is -0.0552. The number of nitrogens with one attached hydrogen (secondary N) is 1. The predicted molar refractivity (Wildman–Crippen MR) is 42.5 cm³/mol. The second kappa shape index (κ2) is 3.55. The molecule has 0 unspecified atom stereocenters. The standard InChI is InChI=1S/C5H8FN3O2S/c6-8-2-4-1-5(7)9(3-4)12(10)11/h1,3,8,12H,2,7H2. The molecule has 0 saturated carbocycles. The number of hydrogen-bond acceptors (Lipinski definition) is 4. The van der Waals surface area contributed by atoms with Crippen molar-refractivity contribution < 1.29 is 12.9 Å². The topological polar surface area (TPSA) is 77.1 Å². The SMILES string of the molecule is Nc1cc(CNF)cn1[SH](=O)=O. The van der Waals surface area contributed by atoms with E-state index in [0.717, 1.165) is 3.97 Å². The number of thiol groups is 1. The van der Waals surface area contributed by atoms with Gasteiger partial charge in [0.25, 0.3) is 0 Å². The Morgan fingerprint density at radius 2 is 2.33 bits per heavy atom. The molecule has 0 radical (unpaired) electrons. The van der Waals surface area contributed by atoms with Gasteiger partial charge in [0.2, 0.25) is 10.9 Å². The highest BCUT2D eigenvalue weighted by molar-refractivity contribution is 7.70. The molecule has 1 heterocycles. The van der Waals surface area contributed by atoms with Crippen LogP contribution in [0.5, 0.6) is 0 Å². The van der Waals surface area contributed by atoms with Crippen LogP contribution < -0.4 is 11.3 Å². The average molecular weight is 193 g/mol. The summed E-state index contributed by atoms with van der Waals surface area (Å²) in [5, 5.41) is 0. The van der Waals surface area contributed by atoms with Crippen LogP contribution >= 0.6 is 0 Å². The highest BCUT2D eigenvalue weighted by Gasteiger charge is 2.02. The monoisotopic (exact) mass is 193 g/mol. The molecule has 0 aliphatic heterocycles. The fourth-order valence-electron chi connectivity index (χ4n) is 0.840. The van der Waals surface area contributed by atoms with Crippen molar-refractivity contribution in [2.75, 3.05) is 5.73 Å². The molecule has 0 saturated heterocycles. The third-order valence-electron chi connectivity index (χ3n) is 1.33. The molecule has 0 atom stereocenters. The maximum Gasteiger partial charge on any atom is 0.230 e. The van der Waals surface area contributed by atoms with Crippen molar-refractivity contribution in [2.45, 2.75) is 6.54 Å². The number of nitrogens with two attached hydrogens (primary N) is 1. The van der Waals surface area contributed by atoms with Crippen LogP contribution in [0.25, 0.3) is 0 Å². The summed E-state index contributed by atoms with van der Waals surface area (Å²) in [5.41, 5.74) is 7.18. The minimum Gasteiger partial charge on any atom is -0.384 e. The molecule has 0 aromatic carbocycles. The molecule has 68 valence electrons. The summed E-state index contributed by atoms with van der Waals surface area (Å²) in [5.74, 6) is 0.0800. The Labute approximate surface area is 70.0 Å². The molecule has 7 heteroatoms. The third kappa shape index (κ3) is 1.74. The molecule has 1 aromatic heterocycles. The zero-order valence-corrected chi connectivity index (χ0v) is 6.92. The molecule has 12 heavy (non-hydrogen) atoms. The summed E-state index contributed by atoms with van der Waals surface area (Å²) in [6, 6.07) is 1.39. The highest BCUT2D eigenvalue weighted by Crippen LogP contribution is 2.09. The lowest BCUT2D eigenvalue weighted by atomic mass is 10.3. The van der Waals surface area contributed by atoms with Crippen molar-refractivity contribution in [1.82, 2.24) is 9.51 Å². The molecule has 5 nitrogen and oxygen atoms in total.